The third-order valence-corrected chi connectivity index (χ3v) is 6.10. The lowest BCUT2D eigenvalue weighted by Crippen LogP contribution is -2.54. The fraction of sp³-hybridized carbons (Fsp3) is 0.308. The number of hydrogen-bond donors (Lipinski definition) is 0. The summed E-state index contributed by atoms with van der Waals surface area (Å²) in [5, 5.41) is 0. The molecule has 0 aliphatic heterocycles. The number of alkyl halides is 14. The molecule has 3 aromatic carbocycles. The Morgan fingerprint density at radius 2 is 0.625 bits per heavy atom. The van der Waals surface area contributed by atoms with Crippen molar-refractivity contribution in [2.75, 3.05) is 0 Å². The van der Waals surface area contributed by atoms with Crippen molar-refractivity contribution >= 4 is 0 Å². The van der Waals surface area contributed by atoms with Crippen LogP contribution in [0.5, 0.6) is 0 Å². The molecule has 0 spiro atoms. The lowest BCUT2D eigenvalue weighted by atomic mass is 9.91. The van der Waals surface area contributed by atoms with Gasteiger partial charge >= 0.3 is 36.0 Å². The van der Waals surface area contributed by atoms with Gasteiger partial charge in [0.05, 0.1) is 0 Å². The Balaban J connectivity index is 1.89. The summed E-state index contributed by atoms with van der Waals surface area (Å²) in [6, 6.07) is 13.7. The maximum absolute atomic E-state index is 14.1. The summed E-state index contributed by atoms with van der Waals surface area (Å²) < 4.78 is 183. The molecule has 3 rings (SSSR count). The zero-order valence-electron chi connectivity index (χ0n) is 19.6. The van der Waals surface area contributed by atoms with Gasteiger partial charge in [0.25, 0.3) is 0 Å². The van der Waals surface area contributed by atoms with Crippen molar-refractivity contribution in [3.63, 3.8) is 0 Å². The van der Waals surface area contributed by atoms with Crippen LogP contribution in [0, 0.1) is 0 Å². The second-order valence-electron chi connectivity index (χ2n) is 8.93. The van der Waals surface area contributed by atoms with E-state index in [0.717, 1.165) is 36.4 Å². The van der Waals surface area contributed by atoms with Gasteiger partial charge in [-0.05, 0) is 33.4 Å². The van der Waals surface area contributed by atoms with Crippen LogP contribution in [-0.2, 0) is 12.8 Å². The van der Waals surface area contributed by atoms with Gasteiger partial charge in [-0.2, -0.15) is 52.7 Å². The first-order chi connectivity index (χ1) is 18.1. The van der Waals surface area contributed by atoms with Crippen molar-refractivity contribution in [1.29, 1.82) is 0 Å². The standard InChI is InChI=1S/C26H16F14/c27-21(23(29,30)31,24(32,33)34)13-15-3-1-5-19(11-15)17-7-9-18(10-8-17)20-6-2-4-16(12-20)14-22(28,25(35,36)37)26(38,39)40/h1-12H,13-14H2. The fourth-order valence-corrected chi connectivity index (χ4v) is 3.86. The van der Waals surface area contributed by atoms with Gasteiger partial charge in [0.1, 0.15) is 0 Å². The SMILES string of the molecule is FC(F)(F)C(F)(Cc1cccc(-c2ccc(-c3cccc(CC(F)(C(F)(F)F)C(F)(F)F)c3)cc2)c1)C(F)(F)F. The van der Waals surface area contributed by atoms with Crippen molar-refractivity contribution in [2.24, 2.45) is 0 Å². The Bertz CT molecular complexity index is 1180. The van der Waals surface area contributed by atoms with Crippen molar-refractivity contribution in [2.45, 2.75) is 48.9 Å². The molecule has 0 amide bonds. The van der Waals surface area contributed by atoms with Crippen molar-refractivity contribution < 1.29 is 61.5 Å². The fourth-order valence-electron chi connectivity index (χ4n) is 3.86. The van der Waals surface area contributed by atoms with Crippen molar-refractivity contribution in [1.82, 2.24) is 0 Å². The molecule has 0 saturated heterocycles. The van der Waals surface area contributed by atoms with Crippen molar-refractivity contribution in [3.05, 3.63) is 83.9 Å². The molecule has 0 aromatic heterocycles. The van der Waals surface area contributed by atoms with E-state index < -0.39 is 60.0 Å². The van der Waals surface area contributed by atoms with E-state index in [1.54, 1.807) is 0 Å². The van der Waals surface area contributed by atoms with Crippen LogP contribution in [0.25, 0.3) is 22.3 Å². The maximum Gasteiger partial charge on any atom is 0.431 e. The number of benzene rings is 3. The lowest BCUT2D eigenvalue weighted by molar-refractivity contribution is -0.341. The van der Waals surface area contributed by atoms with E-state index in [2.05, 4.69) is 0 Å². The molecule has 0 aliphatic rings. The molecule has 0 N–H and O–H groups in total. The topological polar surface area (TPSA) is 0 Å². The van der Waals surface area contributed by atoms with Crippen LogP contribution in [0.1, 0.15) is 11.1 Å². The van der Waals surface area contributed by atoms with E-state index in [0.29, 0.717) is 0 Å². The van der Waals surface area contributed by atoms with E-state index in [1.165, 1.54) is 36.4 Å². The van der Waals surface area contributed by atoms with Crippen LogP contribution in [0.15, 0.2) is 72.8 Å². The quantitative estimate of drug-likeness (QED) is 0.249. The highest BCUT2D eigenvalue weighted by Gasteiger charge is 2.73. The minimum atomic E-state index is -6.24. The summed E-state index contributed by atoms with van der Waals surface area (Å²) >= 11 is 0. The van der Waals surface area contributed by atoms with Crippen molar-refractivity contribution in [3.8, 4) is 22.3 Å². The van der Waals surface area contributed by atoms with Crippen LogP contribution < -0.4 is 0 Å². The normalized spacial score (nSPS) is 13.9. The third-order valence-electron chi connectivity index (χ3n) is 6.10. The van der Waals surface area contributed by atoms with E-state index in [-0.39, 0.29) is 22.3 Å². The Morgan fingerprint density at radius 3 is 0.875 bits per heavy atom. The van der Waals surface area contributed by atoms with Gasteiger partial charge in [-0.3, -0.25) is 0 Å². The average Bonchev–Trinajstić information content (AvgIpc) is 2.81. The predicted molar refractivity (Wildman–Crippen MR) is 117 cm³/mol. The molecule has 0 saturated carbocycles. The first-order valence-corrected chi connectivity index (χ1v) is 11.0. The Morgan fingerprint density at radius 1 is 0.350 bits per heavy atom. The smallest absolute Gasteiger partial charge is 0.223 e. The van der Waals surface area contributed by atoms with E-state index in [4.69, 9.17) is 0 Å². The molecule has 0 nitrogen and oxygen atoms in total. The van der Waals surface area contributed by atoms with Crippen LogP contribution in [0.4, 0.5) is 61.5 Å². The molecule has 218 valence electrons. The molecule has 3 aromatic rings. The van der Waals surface area contributed by atoms with Gasteiger partial charge in [-0.25, -0.2) is 8.78 Å². The minimum Gasteiger partial charge on any atom is -0.223 e. The molecule has 0 fully saturated rings. The average molecular weight is 594 g/mol. The Labute approximate surface area is 217 Å². The summed E-state index contributed by atoms with van der Waals surface area (Å²) in [5.74, 6) is 0. The molecule has 0 atom stereocenters. The largest absolute Gasteiger partial charge is 0.431 e. The molecule has 40 heavy (non-hydrogen) atoms. The molecule has 0 radical (unpaired) electrons. The molecule has 0 aliphatic carbocycles. The molecular weight excluding hydrogens is 578 g/mol. The van der Waals surface area contributed by atoms with E-state index >= 15 is 0 Å². The molecular formula is C26H16F14. The number of hydrogen-bond acceptors (Lipinski definition) is 0. The Hall–Kier alpha value is -3.32. The minimum absolute atomic E-state index is 0.0991. The van der Waals surface area contributed by atoms with Gasteiger partial charge in [-0.15, -0.1) is 0 Å². The van der Waals surface area contributed by atoms with Crippen LogP contribution in [-0.4, -0.2) is 36.0 Å². The second-order valence-corrected chi connectivity index (χ2v) is 8.93. The highest BCUT2D eigenvalue weighted by molar-refractivity contribution is 5.71. The monoisotopic (exact) mass is 594 g/mol. The summed E-state index contributed by atoms with van der Waals surface area (Å²) in [7, 11) is 0. The highest BCUT2D eigenvalue weighted by atomic mass is 19.4. The zero-order valence-corrected chi connectivity index (χ0v) is 19.6. The summed E-state index contributed by atoms with van der Waals surface area (Å²) in [6.45, 7) is 0. The van der Waals surface area contributed by atoms with Crippen LogP contribution >= 0.6 is 0 Å². The van der Waals surface area contributed by atoms with Gasteiger partial charge < -0.3 is 0 Å². The summed E-state index contributed by atoms with van der Waals surface area (Å²) in [4.78, 5) is 0. The van der Waals surface area contributed by atoms with Gasteiger partial charge in [0.15, 0.2) is 0 Å². The van der Waals surface area contributed by atoms with Gasteiger partial charge in [-0.1, -0.05) is 72.8 Å². The highest BCUT2D eigenvalue weighted by Crippen LogP contribution is 2.49. The van der Waals surface area contributed by atoms with Gasteiger partial charge in [0.2, 0.25) is 0 Å². The van der Waals surface area contributed by atoms with Gasteiger partial charge in [0, 0.05) is 12.8 Å². The first-order valence-electron chi connectivity index (χ1n) is 11.0. The molecule has 0 unspecified atom stereocenters. The number of rotatable bonds is 6. The van der Waals surface area contributed by atoms with Crippen LogP contribution in [0.3, 0.4) is 0 Å². The lowest BCUT2D eigenvalue weighted by Gasteiger charge is -2.30. The number of halogens is 14. The maximum atomic E-state index is 14.1. The summed E-state index contributed by atoms with van der Waals surface area (Å²) in [5.41, 5.74) is -11.6. The third kappa shape index (κ3) is 6.04. The molecule has 14 heteroatoms. The summed E-state index contributed by atoms with van der Waals surface area (Å²) in [6.07, 6.45) is -29.0. The van der Waals surface area contributed by atoms with Crippen LogP contribution in [0.2, 0.25) is 0 Å². The zero-order chi connectivity index (χ0) is 30.4. The Kier molecular flexibility index (Phi) is 8.00. The molecule has 0 bridgehead atoms. The van der Waals surface area contributed by atoms with E-state index in [1.807, 2.05) is 0 Å². The predicted octanol–water partition coefficient (Wildman–Crippen LogP) is 9.77. The first kappa shape index (κ1) is 31.2. The second kappa shape index (κ2) is 10.3. The molecule has 0 heterocycles. The van der Waals surface area contributed by atoms with E-state index in [9.17, 15) is 61.5 Å².